The van der Waals surface area contributed by atoms with E-state index in [0.29, 0.717) is 44.6 Å². The van der Waals surface area contributed by atoms with E-state index in [1.54, 1.807) is 21.6 Å². The highest BCUT2D eigenvalue weighted by molar-refractivity contribution is 7.89. The van der Waals surface area contributed by atoms with Crippen LogP contribution in [0.2, 0.25) is 0 Å². The molecule has 3 rings (SSSR count). The fraction of sp³-hybridized carbons (Fsp3) is 0.706. The Labute approximate surface area is 155 Å². The Morgan fingerprint density at radius 3 is 2.27 bits per heavy atom. The molecule has 1 aromatic heterocycles. The summed E-state index contributed by atoms with van der Waals surface area (Å²) in [6, 6.07) is -0.180. The zero-order valence-corrected chi connectivity index (χ0v) is 16.4. The van der Waals surface area contributed by atoms with Crippen LogP contribution < -0.4 is 5.32 Å². The topological polar surface area (TPSA) is 95.5 Å². The number of likely N-dealkylation sites (tertiary alicyclic amines) is 1. The van der Waals surface area contributed by atoms with E-state index in [1.807, 2.05) is 20.8 Å². The number of hydrogen-bond donors (Lipinski definition) is 1. The van der Waals surface area contributed by atoms with Crippen molar-refractivity contribution >= 4 is 21.7 Å². The molecule has 0 unspecified atom stereocenters. The van der Waals surface area contributed by atoms with E-state index in [9.17, 15) is 13.2 Å². The second kappa shape index (κ2) is 7.11. The van der Waals surface area contributed by atoms with Crippen LogP contribution in [0.15, 0.2) is 12.4 Å². The van der Waals surface area contributed by atoms with Gasteiger partial charge in [0.1, 0.15) is 5.82 Å². The van der Waals surface area contributed by atoms with Gasteiger partial charge in [-0.05, 0) is 19.3 Å². The molecule has 2 fully saturated rings. The number of nitrogens with one attached hydrogen (secondary N) is 1. The minimum absolute atomic E-state index is 0.0148. The SMILES string of the molecule is CC(C)(C)c1ncc(NC(=O)N2CCC(N3CCCS3(=O)=O)CC2)cn1. The summed E-state index contributed by atoms with van der Waals surface area (Å²) < 4.78 is 25.7. The van der Waals surface area contributed by atoms with Crippen molar-refractivity contribution in [2.75, 3.05) is 30.7 Å². The Morgan fingerprint density at radius 1 is 1.15 bits per heavy atom. The highest BCUT2D eigenvalue weighted by Crippen LogP contribution is 2.25. The fourth-order valence-electron chi connectivity index (χ4n) is 3.41. The van der Waals surface area contributed by atoms with Crippen LogP contribution in [0.4, 0.5) is 10.5 Å². The lowest BCUT2D eigenvalue weighted by molar-refractivity contribution is 0.170. The molecule has 0 radical (unpaired) electrons. The van der Waals surface area contributed by atoms with Crippen molar-refractivity contribution < 1.29 is 13.2 Å². The second-order valence-electron chi connectivity index (χ2n) is 7.97. The van der Waals surface area contributed by atoms with Gasteiger partial charge < -0.3 is 10.2 Å². The lowest BCUT2D eigenvalue weighted by Gasteiger charge is -2.35. The minimum Gasteiger partial charge on any atom is -0.324 e. The van der Waals surface area contributed by atoms with Gasteiger partial charge in [-0.15, -0.1) is 0 Å². The van der Waals surface area contributed by atoms with Crippen LogP contribution >= 0.6 is 0 Å². The highest BCUT2D eigenvalue weighted by Gasteiger charge is 2.36. The van der Waals surface area contributed by atoms with E-state index in [1.165, 1.54) is 0 Å². The average molecular weight is 382 g/mol. The number of piperidine rings is 1. The molecule has 144 valence electrons. The van der Waals surface area contributed by atoms with Crippen molar-refractivity contribution in [2.24, 2.45) is 0 Å². The molecule has 1 aromatic rings. The van der Waals surface area contributed by atoms with Crippen molar-refractivity contribution in [3.8, 4) is 0 Å². The molecule has 0 atom stereocenters. The third-order valence-corrected chi connectivity index (χ3v) is 6.87. The molecule has 26 heavy (non-hydrogen) atoms. The van der Waals surface area contributed by atoms with E-state index in [2.05, 4.69) is 15.3 Å². The maximum absolute atomic E-state index is 12.4. The molecule has 0 saturated carbocycles. The maximum atomic E-state index is 12.4. The quantitative estimate of drug-likeness (QED) is 0.843. The van der Waals surface area contributed by atoms with Crippen LogP contribution in [0.1, 0.15) is 45.9 Å². The van der Waals surface area contributed by atoms with Crippen molar-refractivity contribution in [2.45, 2.75) is 51.5 Å². The first kappa shape index (κ1) is 19.0. The molecule has 2 aliphatic rings. The molecule has 8 nitrogen and oxygen atoms in total. The Morgan fingerprint density at radius 2 is 1.77 bits per heavy atom. The van der Waals surface area contributed by atoms with Gasteiger partial charge in [0, 0.05) is 31.1 Å². The van der Waals surface area contributed by atoms with Gasteiger partial charge in [0.15, 0.2) is 0 Å². The van der Waals surface area contributed by atoms with Gasteiger partial charge in [0.05, 0.1) is 23.8 Å². The molecule has 0 aliphatic carbocycles. The van der Waals surface area contributed by atoms with Gasteiger partial charge >= 0.3 is 6.03 Å². The van der Waals surface area contributed by atoms with Crippen LogP contribution in [0.3, 0.4) is 0 Å². The Balaban J connectivity index is 1.54. The van der Waals surface area contributed by atoms with E-state index < -0.39 is 10.0 Å². The number of carbonyl (C=O) groups excluding carboxylic acids is 1. The fourth-order valence-corrected chi connectivity index (χ4v) is 5.21. The molecule has 2 saturated heterocycles. The molecule has 0 bridgehead atoms. The number of aromatic nitrogens is 2. The van der Waals surface area contributed by atoms with Crippen molar-refractivity contribution in [1.29, 1.82) is 0 Å². The van der Waals surface area contributed by atoms with Gasteiger partial charge in [-0.25, -0.2) is 23.2 Å². The van der Waals surface area contributed by atoms with Crippen LogP contribution in [-0.4, -0.2) is 65.1 Å². The van der Waals surface area contributed by atoms with Gasteiger partial charge in [-0.1, -0.05) is 20.8 Å². The third-order valence-electron chi connectivity index (χ3n) is 4.87. The Hall–Kier alpha value is -1.74. The molecular weight excluding hydrogens is 354 g/mol. The normalized spacial score (nSPS) is 21.7. The maximum Gasteiger partial charge on any atom is 0.321 e. The number of anilines is 1. The van der Waals surface area contributed by atoms with Crippen LogP contribution in [-0.2, 0) is 15.4 Å². The number of sulfonamides is 1. The molecule has 0 aromatic carbocycles. The van der Waals surface area contributed by atoms with Crippen LogP contribution in [0.5, 0.6) is 0 Å². The van der Waals surface area contributed by atoms with Gasteiger partial charge in [0.2, 0.25) is 10.0 Å². The highest BCUT2D eigenvalue weighted by atomic mass is 32.2. The molecular formula is C17H27N5O3S. The monoisotopic (exact) mass is 381 g/mol. The number of hydrogen-bond acceptors (Lipinski definition) is 5. The molecule has 2 amide bonds. The minimum atomic E-state index is -3.09. The van der Waals surface area contributed by atoms with E-state index in [-0.39, 0.29) is 23.2 Å². The standard InChI is InChI=1S/C17H27N5O3S/c1-17(2,3)15-18-11-13(12-19-15)20-16(23)21-8-5-14(6-9-21)22-7-4-10-26(22,24)25/h11-12,14H,4-10H2,1-3H3,(H,20,23). The van der Waals surface area contributed by atoms with Crippen LogP contribution in [0.25, 0.3) is 0 Å². The van der Waals surface area contributed by atoms with Crippen molar-refractivity contribution in [3.63, 3.8) is 0 Å². The number of urea groups is 1. The Bertz CT molecular complexity index is 750. The molecule has 3 heterocycles. The second-order valence-corrected chi connectivity index (χ2v) is 10.0. The van der Waals surface area contributed by atoms with Crippen molar-refractivity contribution in [3.05, 3.63) is 18.2 Å². The first-order valence-electron chi connectivity index (χ1n) is 9.05. The average Bonchev–Trinajstić information content (AvgIpc) is 2.94. The van der Waals surface area contributed by atoms with Crippen LogP contribution in [0, 0.1) is 0 Å². The largest absolute Gasteiger partial charge is 0.324 e. The lowest BCUT2D eigenvalue weighted by atomic mass is 9.96. The number of nitrogens with zero attached hydrogens (tertiary/aromatic N) is 4. The predicted octanol–water partition coefficient (Wildman–Crippen LogP) is 1.81. The summed E-state index contributed by atoms with van der Waals surface area (Å²) in [4.78, 5) is 22.8. The molecule has 1 N–H and O–H groups in total. The third kappa shape index (κ3) is 4.15. The van der Waals surface area contributed by atoms with Gasteiger partial charge in [-0.3, -0.25) is 0 Å². The summed E-state index contributed by atoms with van der Waals surface area (Å²) in [6.45, 7) is 7.80. The van der Waals surface area contributed by atoms with E-state index >= 15 is 0 Å². The number of carbonyl (C=O) groups is 1. The zero-order valence-electron chi connectivity index (χ0n) is 15.6. The van der Waals surface area contributed by atoms with E-state index in [0.717, 1.165) is 5.82 Å². The zero-order chi connectivity index (χ0) is 18.9. The molecule has 2 aliphatic heterocycles. The molecule has 9 heteroatoms. The first-order valence-corrected chi connectivity index (χ1v) is 10.7. The predicted molar refractivity (Wildman–Crippen MR) is 99.5 cm³/mol. The van der Waals surface area contributed by atoms with E-state index in [4.69, 9.17) is 0 Å². The summed E-state index contributed by atoms with van der Waals surface area (Å²) in [5, 5.41) is 2.82. The smallest absolute Gasteiger partial charge is 0.321 e. The summed E-state index contributed by atoms with van der Waals surface area (Å²) >= 11 is 0. The van der Waals surface area contributed by atoms with Crippen molar-refractivity contribution in [1.82, 2.24) is 19.2 Å². The summed E-state index contributed by atoms with van der Waals surface area (Å²) in [6.07, 6.45) is 5.29. The summed E-state index contributed by atoms with van der Waals surface area (Å²) in [5.74, 6) is 0.973. The number of rotatable bonds is 2. The van der Waals surface area contributed by atoms with Gasteiger partial charge in [0.25, 0.3) is 0 Å². The first-order chi connectivity index (χ1) is 12.2. The summed E-state index contributed by atoms with van der Waals surface area (Å²) in [5.41, 5.74) is 0.424. The summed E-state index contributed by atoms with van der Waals surface area (Å²) in [7, 11) is -3.09. The lowest BCUT2D eigenvalue weighted by Crippen LogP contribution is -2.48. The number of amides is 2. The van der Waals surface area contributed by atoms with Gasteiger partial charge in [-0.2, -0.15) is 4.31 Å². The molecule has 0 spiro atoms. The Kier molecular flexibility index (Phi) is 5.21.